The van der Waals surface area contributed by atoms with E-state index in [0.29, 0.717) is 35.6 Å². The van der Waals surface area contributed by atoms with Crippen LogP contribution in [0.25, 0.3) is 11.0 Å². The number of amides is 1. The Labute approximate surface area is 227 Å². The molecule has 2 unspecified atom stereocenters. The summed E-state index contributed by atoms with van der Waals surface area (Å²) in [6.45, 7) is 6.94. The summed E-state index contributed by atoms with van der Waals surface area (Å²) >= 11 is 0. The molecular weight excluding hydrogens is 500 g/mol. The number of aliphatic hydroxyl groups is 1. The van der Waals surface area contributed by atoms with Crippen molar-refractivity contribution in [3.63, 3.8) is 0 Å². The molecule has 0 fully saturated rings. The summed E-state index contributed by atoms with van der Waals surface area (Å²) in [5.74, 6) is -1.48. The van der Waals surface area contributed by atoms with E-state index in [1.54, 1.807) is 18.2 Å². The number of halogens is 2. The van der Waals surface area contributed by atoms with Crippen LogP contribution in [0.5, 0.6) is 0 Å². The second-order valence-electron chi connectivity index (χ2n) is 10.4. The average Bonchev–Trinajstić information content (AvgIpc) is 3.29. The molecule has 0 saturated carbocycles. The van der Waals surface area contributed by atoms with Gasteiger partial charge in [-0.3, -0.25) is 4.79 Å². The molecule has 0 aliphatic rings. The molecule has 1 aromatic heterocycles. The van der Waals surface area contributed by atoms with Crippen LogP contribution in [0.1, 0.15) is 53.5 Å². The van der Waals surface area contributed by atoms with E-state index in [1.165, 1.54) is 17.7 Å². The third kappa shape index (κ3) is 7.71. The largest absolute Gasteiger partial charge is 0.390 e. The highest BCUT2D eigenvalue weighted by molar-refractivity contribution is 5.98. The Balaban J connectivity index is 1.51. The van der Waals surface area contributed by atoms with Gasteiger partial charge >= 0.3 is 0 Å². The van der Waals surface area contributed by atoms with Gasteiger partial charge in [-0.15, -0.1) is 0 Å². The number of nitrogens with one attached hydrogen (secondary N) is 2. The lowest BCUT2D eigenvalue weighted by Gasteiger charge is -2.25. The lowest BCUT2D eigenvalue weighted by Crippen LogP contribution is -2.48. The lowest BCUT2D eigenvalue weighted by atomic mass is 9.99. The third-order valence-corrected chi connectivity index (χ3v) is 6.65. The summed E-state index contributed by atoms with van der Waals surface area (Å²) in [6.07, 6.45) is 0.652. The summed E-state index contributed by atoms with van der Waals surface area (Å²) in [6, 6.07) is 15.6. The van der Waals surface area contributed by atoms with Crippen molar-refractivity contribution < 1.29 is 23.2 Å². The Morgan fingerprint density at radius 1 is 0.974 bits per heavy atom. The maximum Gasteiger partial charge on any atom is 0.251 e. The van der Waals surface area contributed by atoms with E-state index < -0.39 is 29.7 Å². The van der Waals surface area contributed by atoms with Crippen LogP contribution in [0, 0.1) is 17.6 Å². The zero-order valence-electron chi connectivity index (χ0n) is 22.5. The highest BCUT2D eigenvalue weighted by Gasteiger charge is 2.24. The standard InChI is InChI=1S/C31H35F2N3O3/c1-4-20-6-5-7-21(11-20)17-34-18-29(37)28(14-22-12-24(32)16-25(33)13-22)35-31(38)23-8-9-30-26(15-23)27(36-39-30)10-19(2)3/h5-9,11-13,15-16,19,28-29,34,37H,4,10,14,17-18H2,1-3H3,(H,35,38). The van der Waals surface area contributed by atoms with Crippen molar-refractivity contribution in [3.8, 4) is 0 Å². The van der Waals surface area contributed by atoms with Gasteiger partial charge in [0.2, 0.25) is 0 Å². The van der Waals surface area contributed by atoms with Gasteiger partial charge in [0.1, 0.15) is 11.6 Å². The van der Waals surface area contributed by atoms with E-state index in [1.807, 2.05) is 12.1 Å². The number of rotatable bonds is 12. The topological polar surface area (TPSA) is 87.4 Å². The Bertz CT molecular complexity index is 1400. The van der Waals surface area contributed by atoms with Crippen LogP contribution in [-0.2, 0) is 25.8 Å². The first kappa shape index (κ1) is 28.4. The van der Waals surface area contributed by atoms with Crippen LogP contribution in [0.15, 0.2) is 65.2 Å². The third-order valence-electron chi connectivity index (χ3n) is 6.65. The first-order chi connectivity index (χ1) is 18.7. The minimum atomic E-state index is -1.02. The number of hydrogen-bond donors (Lipinski definition) is 3. The first-order valence-electron chi connectivity index (χ1n) is 13.3. The number of aryl methyl sites for hydroxylation is 1. The molecule has 4 rings (SSSR count). The van der Waals surface area contributed by atoms with Crippen molar-refractivity contribution in [1.82, 2.24) is 15.8 Å². The smallest absolute Gasteiger partial charge is 0.251 e. The molecule has 206 valence electrons. The number of aliphatic hydroxyl groups excluding tert-OH is 1. The van der Waals surface area contributed by atoms with Crippen LogP contribution in [0.4, 0.5) is 8.78 Å². The minimum absolute atomic E-state index is 0.0443. The van der Waals surface area contributed by atoms with E-state index in [9.17, 15) is 18.7 Å². The van der Waals surface area contributed by atoms with Crippen LogP contribution in [-0.4, -0.2) is 34.9 Å². The molecule has 0 aliphatic carbocycles. The van der Waals surface area contributed by atoms with Crippen molar-refractivity contribution in [2.45, 2.75) is 58.7 Å². The molecule has 0 saturated heterocycles. The molecule has 3 N–H and O–H groups in total. The molecule has 1 amide bonds. The molecule has 0 radical (unpaired) electrons. The maximum absolute atomic E-state index is 13.9. The molecule has 3 aromatic carbocycles. The zero-order valence-corrected chi connectivity index (χ0v) is 22.5. The molecule has 2 atom stereocenters. The molecular formula is C31H35F2N3O3. The SMILES string of the molecule is CCc1cccc(CNCC(O)C(Cc2cc(F)cc(F)c2)NC(=O)c2ccc3onc(CC(C)C)c3c2)c1. The number of aromatic nitrogens is 1. The van der Waals surface area contributed by atoms with Gasteiger partial charge in [-0.25, -0.2) is 8.78 Å². The van der Waals surface area contributed by atoms with Crippen LogP contribution >= 0.6 is 0 Å². The fraction of sp³-hybridized carbons (Fsp3) is 0.355. The maximum atomic E-state index is 13.9. The molecule has 6 nitrogen and oxygen atoms in total. The second-order valence-corrected chi connectivity index (χ2v) is 10.4. The predicted octanol–water partition coefficient (Wildman–Crippen LogP) is 5.36. The normalized spacial score (nSPS) is 13.1. The Morgan fingerprint density at radius 3 is 2.44 bits per heavy atom. The summed E-state index contributed by atoms with van der Waals surface area (Å²) < 4.78 is 33.2. The van der Waals surface area contributed by atoms with Crippen molar-refractivity contribution >= 4 is 16.9 Å². The number of benzene rings is 3. The van der Waals surface area contributed by atoms with Crippen LogP contribution in [0.2, 0.25) is 0 Å². The molecule has 4 aromatic rings. The van der Waals surface area contributed by atoms with Crippen molar-refractivity contribution in [1.29, 1.82) is 0 Å². The van der Waals surface area contributed by atoms with E-state index in [4.69, 9.17) is 4.52 Å². The Morgan fingerprint density at radius 2 is 1.72 bits per heavy atom. The van der Waals surface area contributed by atoms with Crippen molar-refractivity contribution in [3.05, 3.63) is 100 Å². The highest BCUT2D eigenvalue weighted by Crippen LogP contribution is 2.23. The number of carbonyl (C=O) groups is 1. The fourth-order valence-electron chi connectivity index (χ4n) is 4.65. The summed E-state index contributed by atoms with van der Waals surface area (Å²) in [4.78, 5) is 13.3. The minimum Gasteiger partial charge on any atom is -0.390 e. The summed E-state index contributed by atoms with van der Waals surface area (Å²) in [7, 11) is 0. The van der Waals surface area contributed by atoms with E-state index in [2.05, 4.69) is 48.7 Å². The number of carbonyl (C=O) groups excluding carboxylic acids is 1. The molecule has 39 heavy (non-hydrogen) atoms. The van der Waals surface area contributed by atoms with Crippen molar-refractivity contribution in [2.75, 3.05) is 6.54 Å². The molecule has 0 aliphatic heterocycles. The van der Waals surface area contributed by atoms with Gasteiger partial charge in [0, 0.05) is 30.1 Å². The quantitative estimate of drug-likeness (QED) is 0.227. The van der Waals surface area contributed by atoms with Gasteiger partial charge in [0.05, 0.1) is 17.8 Å². The van der Waals surface area contributed by atoms with Crippen LogP contribution in [0.3, 0.4) is 0 Å². The van der Waals surface area contributed by atoms with Gasteiger partial charge in [0.15, 0.2) is 5.58 Å². The highest BCUT2D eigenvalue weighted by atomic mass is 19.1. The molecule has 0 spiro atoms. The predicted molar refractivity (Wildman–Crippen MR) is 147 cm³/mol. The van der Waals surface area contributed by atoms with Gasteiger partial charge in [-0.1, -0.05) is 50.2 Å². The first-order valence-corrected chi connectivity index (χ1v) is 13.3. The zero-order chi connectivity index (χ0) is 27.9. The molecule has 0 bridgehead atoms. The number of fused-ring (bicyclic) bond motifs is 1. The van der Waals surface area contributed by atoms with Gasteiger partial charge < -0.3 is 20.3 Å². The summed E-state index contributed by atoms with van der Waals surface area (Å²) in [5, 5.41) is 22.1. The summed E-state index contributed by atoms with van der Waals surface area (Å²) in [5.41, 5.74) is 4.37. The number of nitrogens with zero attached hydrogens (tertiary/aromatic N) is 1. The Hall–Kier alpha value is -3.62. The van der Waals surface area contributed by atoms with Gasteiger partial charge in [-0.2, -0.15) is 0 Å². The molecule has 1 heterocycles. The van der Waals surface area contributed by atoms with Gasteiger partial charge in [0.25, 0.3) is 5.91 Å². The second kappa shape index (κ2) is 13.0. The van der Waals surface area contributed by atoms with Crippen LogP contribution < -0.4 is 10.6 Å². The average molecular weight is 536 g/mol. The number of hydrogen-bond acceptors (Lipinski definition) is 5. The van der Waals surface area contributed by atoms with E-state index >= 15 is 0 Å². The monoisotopic (exact) mass is 535 g/mol. The lowest BCUT2D eigenvalue weighted by molar-refractivity contribution is 0.0830. The van der Waals surface area contributed by atoms with Gasteiger partial charge in [-0.05, 0) is 72.2 Å². The van der Waals surface area contributed by atoms with Crippen molar-refractivity contribution in [2.24, 2.45) is 5.92 Å². The van der Waals surface area contributed by atoms with E-state index in [0.717, 1.165) is 29.1 Å². The van der Waals surface area contributed by atoms with E-state index in [-0.39, 0.29) is 13.0 Å². The fourth-order valence-corrected chi connectivity index (χ4v) is 4.65. The Kier molecular flexibility index (Phi) is 9.43. The molecule has 8 heteroatoms.